The fraction of sp³-hybridized carbons (Fsp3) is 0.0556. The van der Waals surface area contributed by atoms with Gasteiger partial charge in [0.15, 0.2) is 5.82 Å². The highest BCUT2D eigenvalue weighted by Gasteiger charge is 2.11. The van der Waals surface area contributed by atoms with Crippen LogP contribution in [0, 0.1) is 11.3 Å². The van der Waals surface area contributed by atoms with E-state index in [2.05, 4.69) is 31.9 Å². The summed E-state index contributed by atoms with van der Waals surface area (Å²) in [5.41, 5.74) is 1.97. The van der Waals surface area contributed by atoms with Gasteiger partial charge >= 0.3 is 5.97 Å². The number of carbonyl (C=O) groups excluding carboxylic acids is 1. The van der Waals surface area contributed by atoms with Crippen molar-refractivity contribution in [3.8, 4) is 6.07 Å². The van der Waals surface area contributed by atoms with Crippen LogP contribution in [0.2, 0.25) is 5.02 Å². The van der Waals surface area contributed by atoms with Crippen molar-refractivity contribution in [1.29, 1.82) is 5.26 Å². The lowest BCUT2D eigenvalue weighted by atomic mass is 10.2. The number of hydrogen-bond acceptors (Lipinski definition) is 8. The molecule has 9 heteroatoms. The number of methoxy groups -OCH3 is 1. The van der Waals surface area contributed by atoms with Crippen LogP contribution in [0.5, 0.6) is 0 Å². The first-order chi connectivity index (χ1) is 13.1. The molecule has 0 fully saturated rings. The molecule has 0 aliphatic heterocycles. The summed E-state index contributed by atoms with van der Waals surface area (Å²) in [6.45, 7) is 0. The van der Waals surface area contributed by atoms with E-state index in [-0.39, 0.29) is 5.95 Å². The van der Waals surface area contributed by atoms with Crippen LogP contribution in [0.25, 0.3) is 0 Å². The van der Waals surface area contributed by atoms with Crippen LogP contribution in [0.4, 0.5) is 23.1 Å². The molecule has 2 aromatic carbocycles. The Morgan fingerprint density at radius 1 is 1.22 bits per heavy atom. The van der Waals surface area contributed by atoms with Gasteiger partial charge in [-0.1, -0.05) is 17.7 Å². The fourth-order valence-corrected chi connectivity index (χ4v) is 2.38. The molecule has 27 heavy (non-hydrogen) atoms. The fourth-order valence-electron chi connectivity index (χ4n) is 2.22. The van der Waals surface area contributed by atoms with Crippen LogP contribution in [0.15, 0.2) is 48.7 Å². The molecule has 3 rings (SSSR count). The normalized spacial score (nSPS) is 9.96. The van der Waals surface area contributed by atoms with Crippen molar-refractivity contribution in [2.24, 2.45) is 0 Å². The smallest absolute Gasteiger partial charge is 0.337 e. The van der Waals surface area contributed by atoms with E-state index in [0.29, 0.717) is 33.3 Å². The third kappa shape index (κ3) is 4.48. The Kier molecular flexibility index (Phi) is 5.44. The van der Waals surface area contributed by atoms with E-state index in [1.54, 1.807) is 36.4 Å². The second-order valence-electron chi connectivity index (χ2n) is 5.29. The summed E-state index contributed by atoms with van der Waals surface area (Å²) in [4.78, 5) is 16.0. The molecule has 0 amide bonds. The maximum atomic E-state index is 11.7. The average molecular weight is 381 g/mol. The molecule has 1 heterocycles. The minimum atomic E-state index is -0.485. The Balaban J connectivity index is 1.82. The topological polar surface area (TPSA) is 113 Å². The van der Waals surface area contributed by atoms with Crippen LogP contribution in [0.3, 0.4) is 0 Å². The van der Waals surface area contributed by atoms with E-state index in [0.717, 1.165) is 0 Å². The van der Waals surface area contributed by atoms with Gasteiger partial charge in [-0.05, 0) is 36.4 Å². The van der Waals surface area contributed by atoms with E-state index in [1.165, 1.54) is 19.4 Å². The number of halogens is 1. The second kappa shape index (κ2) is 8.12. The van der Waals surface area contributed by atoms with Crippen molar-refractivity contribution in [3.05, 3.63) is 64.8 Å². The minimum absolute atomic E-state index is 0.181. The zero-order valence-corrected chi connectivity index (χ0v) is 14.9. The molecule has 0 radical (unpaired) electrons. The van der Waals surface area contributed by atoms with E-state index in [1.807, 2.05) is 0 Å². The Morgan fingerprint density at radius 2 is 2.07 bits per heavy atom. The lowest BCUT2D eigenvalue weighted by molar-refractivity contribution is 0.0601. The van der Waals surface area contributed by atoms with Gasteiger partial charge in [-0.3, -0.25) is 0 Å². The molecule has 1 aromatic heterocycles. The first kappa shape index (κ1) is 18.1. The van der Waals surface area contributed by atoms with Crippen molar-refractivity contribution >= 4 is 40.7 Å². The molecule has 0 saturated carbocycles. The predicted molar refractivity (Wildman–Crippen MR) is 100 cm³/mol. The highest BCUT2D eigenvalue weighted by atomic mass is 35.5. The molecule has 2 N–H and O–H groups in total. The number of nitriles is 1. The molecule has 0 bridgehead atoms. The maximum Gasteiger partial charge on any atom is 0.337 e. The number of aromatic nitrogens is 3. The Labute approximate surface area is 159 Å². The average Bonchev–Trinajstić information content (AvgIpc) is 2.69. The first-order valence-electron chi connectivity index (χ1n) is 7.71. The van der Waals surface area contributed by atoms with Crippen molar-refractivity contribution in [2.75, 3.05) is 17.7 Å². The minimum Gasteiger partial charge on any atom is -0.465 e. The van der Waals surface area contributed by atoms with Crippen molar-refractivity contribution < 1.29 is 9.53 Å². The number of carbonyl (C=O) groups is 1. The number of benzene rings is 2. The lowest BCUT2D eigenvalue weighted by Gasteiger charge is -2.10. The first-order valence-corrected chi connectivity index (χ1v) is 8.08. The van der Waals surface area contributed by atoms with Crippen LogP contribution in [-0.2, 0) is 4.74 Å². The number of esters is 1. The van der Waals surface area contributed by atoms with Gasteiger partial charge < -0.3 is 15.4 Å². The summed E-state index contributed by atoms with van der Waals surface area (Å²) in [6.07, 6.45) is 1.44. The largest absolute Gasteiger partial charge is 0.465 e. The van der Waals surface area contributed by atoms with Crippen molar-refractivity contribution in [2.45, 2.75) is 0 Å². The van der Waals surface area contributed by atoms with Crippen LogP contribution < -0.4 is 10.6 Å². The Morgan fingerprint density at radius 3 is 2.85 bits per heavy atom. The SMILES string of the molecule is COC(=O)c1ccc(Cl)c(Nc2nncc(Nc3cccc(C#N)c3)n2)c1. The van der Waals surface area contributed by atoms with E-state index < -0.39 is 5.97 Å². The van der Waals surface area contributed by atoms with Gasteiger partial charge in [-0.15, -0.1) is 5.10 Å². The summed E-state index contributed by atoms with van der Waals surface area (Å²) in [5, 5.41) is 23.1. The number of nitrogens with zero attached hydrogens (tertiary/aromatic N) is 4. The maximum absolute atomic E-state index is 11.7. The summed E-state index contributed by atoms with van der Waals surface area (Å²) in [7, 11) is 1.30. The molecule has 0 atom stereocenters. The Hall–Kier alpha value is -3.70. The van der Waals surface area contributed by atoms with Crippen molar-refractivity contribution in [3.63, 3.8) is 0 Å². The molecule has 0 saturated heterocycles. The molecule has 0 aliphatic rings. The number of rotatable bonds is 5. The molecule has 0 spiro atoms. The number of anilines is 4. The number of ether oxygens (including phenoxy) is 1. The monoisotopic (exact) mass is 380 g/mol. The number of nitrogens with one attached hydrogen (secondary N) is 2. The van der Waals surface area contributed by atoms with Gasteiger partial charge in [-0.2, -0.15) is 15.3 Å². The second-order valence-corrected chi connectivity index (χ2v) is 5.70. The molecular formula is C18H13ClN6O2. The zero-order chi connectivity index (χ0) is 19.2. The molecule has 134 valence electrons. The van der Waals surface area contributed by atoms with Gasteiger partial charge in [0.1, 0.15) is 0 Å². The highest BCUT2D eigenvalue weighted by Crippen LogP contribution is 2.26. The van der Waals surface area contributed by atoms with E-state index >= 15 is 0 Å². The lowest BCUT2D eigenvalue weighted by Crippen LogP contribution is -2.05. The van der Waals surface area contributed by atoms with E-state index in [4.69, 9.17) is 21.6 Å². The molecule has 8 nitrogen and oxygen atoms in total. The van der Waals surface area contributed by atoms with Gasteiger partial charge in [0.25, 0.3) is 0 Å². The highest BCUT2D eigenvalue weighted by molar-refractivity contribution is 6.33. The van der Waals surface area contributed by atoms with E-state index in [9.17, 15) is 4.79 Å². The van der Waals surface area contributed by atoms with Crippen LogP contribution in [0.1, 0.15) is 15.9 Å². The molecule has 0 unspecified atom stereocenters. The summed E-state index contributed by atoms with van der Waals surface area (Å²) in [6, 6.07) is 13.7. The summed E-state index contributed by atoms with van der Waals surface area (Å²) < 4.78 is 4.70. The third-order valence-electron chi connectivity index (χ3n) is 3.46. The molecular weight excluding hydrogens is 368 g/mol. The van der Waals surface area contributed by atoms with Gasteiger partial charge in [0, 0.05) is 5.69 Å². The summed E-state index contributed by atoms with van der Waals surface area (Å²) in [5.74, 6) is 0.116. The van der Waals surface area contributed by atoms with Gasteiger partial charge in [0.05, 0.1) is 41.2 Å². The molecule has 3 aromatic rings. The number of hydrogen-bond donors (Lipinski definition) is 2. The summed E-state index contributed by atoms with van der Waals surface area (Å²) >= 11 is 6.16. The van der Waals surface area contributed by atoms with Gasteiger partial charge in [0.2, 0.25) is 5.95 Å². The Bertz CT molecular complexity index is 1030. The van der Waals surface area contributed by atoms with Gasteiger partial charge in [-0.25, -0.2) is 4.79 Å². The predicted octanol–water partition coefficient (Wildman–Crippen LogP) is 3.67. The molecule has 0 aliphatic carbocycles. The van der Waals surface area contributed by atoms with Crippen LogP contribution in [-0.4, -0.2) is 28.3 Å². The van der Waals surface area contributed by atoms with Crippen LogP contribution >= 0.6 is 11.6 Å². The zero-order valence-electron chi connectivity index (χ0n) is 14.1. The standard InChI is InChI=1S/C18H13ClN6O2/c1-27-17(26)12-5-6-14(19)15(8-12)23-18-24-16(10-21-25-18)22-13-4-2-3-11(7-13)9-20/h2-8,10H,1H3,(H2,22,23,24,25). The third-order valence-corrected chi connectivity index (χ3v) is 3.79. The van der Waals surface area contributed by atoms with Crippen molar-refractivity contribution in [1.82, 2.24) is 15.2 Å². The quantitative estimate of drug-likeness (QED) is 0.644.